The Bertz CT molecular complexity index is 297. The van der Waals surface area contributed by atoms with Crippen LogP contribution >= 0.6 is 0 Å². The normalized spacial score (nSPS) is 35.3. The quantitative estimate of drug-likeness (QED) is 0.796. The lowest BCUT2D eigenvalue weighted by Crippen LogP contribution is -2.47. The predicted octanol–water partition coefficient (Wildman–Crippen LogP) is 2.31. The smallest absolute Gasteiger partial charge is 0.407 e. The summed E-state index contributed by atoms with van der Waals surface area (Å²) in [4.78, 5) is 11.8. The van der Waals surface area contributed by atoms with E-state index < -0.39 is 5.60 Å². The minimum atomic E-state index is -0.439. The highest BCUT2D eigenvalue weighted by Gasteiger charge is 2.43. The Balaban J connectivity index is 1.90. The van der Waals surface area contributed by atoms with Crippen LogP contribution in [0.5, 0.6) is 0 Å². The second-order valence-corrected chi connectivity index (χ2v) is 6.79. The number of hydrogen-bond donors (Lipinski definition) is 2. The van der Waals surface area contributed by atoms with Crippen LogP contribution in [0.4, 0.5) is 4.79 Å². The predicted molar refractivity (Wildman–Crippen MR) is 69.2 cm³/mol. The minimum absolute atomic E-state index is 0.252. The summed E-state index contributed by atoms with van der Waals surface area (Å²) in [6.45, 7) is 5.92. The first-order chi connectivity index (χ1) is 8.39. The average Bonchev–Trinajstić information content (AvgIpc) is 2.49. The van der Waals surface area contributed by atoms with Crippen molar-refractivity contribution < 1.29 is 14.6 Å². The molecule has 4 nitrogen and oxygen atoms in total. The third kappa shape index (κ3) is 3.16. The van der Waals surface area contributed by atoms with Crippen LogP contribution < -0.4 is 5.32 Å². The van der Waals surface area contributed by atoms with Crippen LogP contribution in [0.3, 0.4) is 0 Å². The highest BCUT2D eigenvalue weighted by atomic mass is 16.6. The molecule has 2 bridgehead atoms. The lowest BCUT2D eigenvalue weighted by Gasteiger charge is -2.35. The SMILES string of the molecule is CC(C)(C)OC(=O)NC1[C@@H]2CC[C@H]1CC(CO)C2. The first kappa shape index (κ1) is 13.7. The molecular formula is C14H25NO3. The number of nitrogens with one attached hydrogen (secondary N) is 1. The molecule has 2 aliphatic rings. The highest BCUT2D eigenvalue weighted by Crippen LogP contribution is 2.44. The topological polar surface area (TPSA) is 58.6 Å². The lowest BCUT2D eigenvalue weighted by molar-refractivity contribution is 0.0431. The van der Waals surface area contributed by atoms with Crippen LogP contribution in [0.1, 0.15) is 46.5 Å². The van der Waals surface area contributed by atoms with Crippen molar-refractivity contribution in [3.05, 3.63) is 0 Å². The van der Waals surface area contributed by atoms with Gasteiger partial charge in [-0.25, -0.2) is 4.79 Å². The van der Waals surface area contributed by atoms with Crippen molar-refractivity contribution in [2.24, 2.45) is 17.8 Å². The van der Waals surface area contributed by atoms with Crippen molar-refractivity contribution in [3.8, 4) is 0 Å². The maximum atomic E-state index is 11.8. The van der Waals surface area contributed by atoms with Crippen LogP contribution in [0.2, 0.25) is 0 Å². The number of aliphatic hydroxyl groups excluding tert-OH is 1. The van der Waals surface area contributed by atoms with Crippen molar-refractivity contribution in [3.63, 3.8) is 0 Å². The van der Waals surface area contributed by atoms with Gasteiger partial charge in [-0.3, -0.25) is 0 Å². The molecule has 0 radical (unpaired) electrons. The van der Waals surface area contributed by atoms with Gasteiger partial charge in [-0.05, 0) is 64.2 Å². The monoisotopic (exact) mass is 255 g/mol. The van der Waals surface area contributed by atoms with Crippen LogP contribution in [0.15, 0.2) is 0 Å². The molecule has 2 N–H and O–H groups in total. The molecule has 2 rings (SSSR count). The van der Waals surface area contributed by atoms with Crippen molar-refractivity contribution >= 4 is 6.09 Å². The number of ether oxygens (including phenoxy) is 1. The summed E-state index contributed by atoms with van der Waals surface area (Å²) in [6, 6.07) is 0.252. The molecule has 2 aliphatic carbocycles. The van der Waals surface area contributed by atoms with Gasteiger partial charge in [0.2, 0.25) is 0 Å². The molecule has 0 aliphatic heterocycles. The molecule has 0 aromatic rings. The fraction of sp³-hybridized carbons (Fsp3) is 0.929. The van der Waals surface area contributed by atoms with E-state index in [9.17, 15) is 9.90 Å². The Morgan fingerprint density at radius 2 is 1.83 bits per heavy atom. The Labute approximate surface area is 109 Å². The van der Waals surface area contributed by atoms with Gasteiger partial charge in [-0.2, -0.15) is 0 Å². The summed E-state index contributed by atoms with van der Waals surface area (Å²) in [5.74, 6) is 1.47. The van der Waals surface area contributed by atoms with Crippen LogP contribution in [-0.2, 0) is 4.74 Å². The molecule has 0 spiro atoms. The van der Waals surface area contributed by atoms with Crippen LogP contribution in [-0.4, -0.2) is 29.4 Å². The first-order valence-corrected chi connectivity index (χ1v) is 6.99. The first-order valence-electron chi connectivity index (χ1n) is 6.99. The molecule has 0 aromatic carbocycles. The van der Waals surface area contributed by atoms with Gasteiger partial charge < -0.3 is 15.2 Å². The van der Waals surface area contributed by atoms with E-state index in [0.717, 1.165) is 12.8 Å². The van der Waals surface area contributed by atoms with Crippen LogP contribution in [0, 0.1) is 17.8 Å². The average molecular weight is 255 g/mol. The number of amides is 1. The van der Waals surface area contributed by atoms with Gasteiger partial charge in [-0.15, -0.1) is 0 Å². The van der Waals surface area contributed by atoms with E-state index >= 15 is 0 Å². The van der Waals surface area contributed by atoms with E-state index in [0.29, 0.717) is 17.8 Å². The number of alkyl carbamates (subject to hydrolysis) is 1. The van der Waals surface area contributed by atoms with E-state index in [1.54, 1.807) is 0 Å². The Morgan fingerprint density at radius 3 is 2.28 bits per heavy atom. The van der Waals surface area contributed by atoms with Gasteiger partial charge >= 0.3 is 6.09 Å². The molecule has 104 valence electrons. The number of carbonyl (C=O) groups is 1. The van der Waals surface area contributed by atoms with Gasteiger partial charge in [0.25, 0.3) is 0 Å². The number of carbonyl (C=O) groups excluding carboxylic acids is 1. The van der Waals surface area contributed by atoms with Crippen molar-refractivity contribution in [1.29, 1.82) is 0 Å². The zero-order valence-corrected chi connectivity index (χ0v) is 11.6. The van der Waals surface area contributed by atoms with Gasteiger partial charge in [-0.1, -0.05) is 0 Å². The Kier molecular flexibility index (Phi) is 3.85. The number of rotatable bonds is 2. The summed E-state index contributed by atoms with van der Waals surface area (Å²) in [6.07, 6.45) is 4.11. The second kappa shape index (κ2) is 5.08. The zero-order valence-electron chi connectivity index (χ0n) is 11.6. The molecule has 1 amide bonds. The largest absolute Gasteiger partial charge is 0.444 e. The van der Waals surface area contributed by atoms with E-state index in [2.05, 4.69) is 5.32 Å². The number of aliphatic hydroxyl groups is 1. The maximum Gasteiger partial charge on any atom is 0.407 e. The van der Waals surface area contributed by atoms with Crippen molar-refractivity contribution in [1.82, 2.24) is 5.32 Å². The van der Waals surface area contributed by atoms with E-state index in [4.69, 9.17) is 4.74 Å². The molecule has 0 heterocycles. The molecule has 4 heteroatoms. The molecule has 2 unspecified atom stereocenters. The van der Waals surface area contributed by atoms with Gasteiger partial charge in [0.15, 0.2) is 0 Å². The molecule has 0 saturated heterocycles. The molecular weight excluding hydrogens is 230 g/mol. The Morgan fingerprint density at radius 1 is 1.28 bits per heavy atom. The van der Waals surface area contributed by atoms with Gasteiger partial charge in [0, 0.05) is 12.6 Å². The summed E-state index contributed by atoms with van der Waals surface area (Å²) < 4.78 is 5.32. The standard InChI is InChI=1S/C14H25NO3/c1-14(2,3)18-13(17)15-12-10-4-5-11(12)7-9(6-10)8-16/h9-12,16H,4-8H2,1-3H3,(H,15,17)/t9?,10-,11+,12?. The lowest BCUT2D eigenvalue weighted by atomic mass is 9.78. The van der Waals surface area contributed by atoms with Gasteiger partial charge in [0.05, 0.1) is 0 Å². The summed E-state index contributed by atoms with van der Waals surface area (Å²) in [5.41, 5.74) is -0.439. The van der Waals surface area contributed by atoms with Crippen molar-refractivity contribution in [2.45, 2.75) is 58.1 Å². The van der Waals surface area contributed by atoms with E-state index in [-0.39, 0.29) is 18.7 Å². The third-order valence-corrected chi connectivity index (χ3v) is 4.14. The summed E-state index contributed by atoms with van der Waals surface area (Å²) >= 11 is 0. The molecule has 2 saturated carbocycles. The van der Waals surface area contributed by atoms with E-state index in [1.807, 2.05) is 20.8 Å². The van der Waals surface area contributed by atoms with Crippen molar-refractivity contribution in [2.75, 3.05) is 6.61 Å². The number of hydrogen-bond acceptors (Lipinski definition) is 3. The molecule has 2 fully saturated rings. The van der Waals surface area contributed by atoms with Crippen LogP contribution in [0.25, 0.3) is 0 Å². The van der Waals surface area contributed by atoms with E-state index in [1.165, 1.54) is 12.8 Å². The minimum Gasteiger partial charge on any atom is -0.444 e. The van der Waals surface area contributed by atoms with Gasteiger partial charge in [0.1, 0.15) is 5.60 Å². The zero-order chi connectivity index (χ0) is 13.3. The maximum absolute atomic E-state index is 11.8. The molecule has 0 aromatic heterocycles. The second-order valence-electron chi connectivity index (χ2n) is 6.79. The summed E-state index contributed by atoms with van der Waals surface area (Å²) in [5, 5.41) is 12.3. The highest BCUT2D eigenvalue weighted by molar-refractivity contribution is 5.68. The third-order valence-electron chi connectivity index (χ3n) is 4.14. The summed E-state index contributed by atoms with van der Waals surface area (Å²) in [7, 11) is 0. The molecule has 18 heavy (non-hydrogen) atoms. The number of fused-ring (bicyclic) bond motifs is 2. The Hall–Kier alpha value is -0.770. The fourth-order valence-corrected chi connectivity index (χ4v) is 3.48. The fourth-order valence-electron chi connectivity index (χ4n) is 3.48. The molecule has 4 atom stereocenters.